The highest BCUT2D eigenvalue weighted by molar-refractivity contribution is 5.82. The first-order chi connectivity index (χ1) is 14.6. The second kappa shape index (κ2) is 7.99. The van der Waals surface area contributed by atoms with Gasteiger partial charge in [-0.1, -0.05) is 13.0 Å². The van der Waals surface area contributed by atoms with E-state index in [4.69, 9.17) is 16.1 Å². The molecular weight excluding hydrogens is 382 g/mol. The van der Waals surface area contributed by atoms with Gasteiger partial charge in [0.2, 0.25) is 0 Å². The number of rotatable bonds is 7. The van der Waals surface area contributed by atoms with E-state index in [-0.39, 0.29) is 18.1 Å². The van der Waals surface area contributed by atoms with Crippen molar-refractivity contribution in [2.45, 2.75) is 32.2 Å². The molecule has 2 atom stereocenters. The number of nitrogens with two attached hydrogens (primary N) is 1. The van der Waals surface area contributed by atoms with Gasteiger partial charge in [-0.2, -0.15) is 0 Å². The van der Waals surface area contributed by atoms with Crippen molar-refractivity contribution in [3.63, 3.8) is 0 Å². The number of anilines is 1. The van der Waals surface area contributed by atoms with Crippen LogP contribution in [0.4, 0.5) is 5.82 Å². The molecular formula is C20H23N9O. The van der Waals surface area contributed by atoms with Crippen LogP contribution in [0.3, 0.4) is 0 Å². The highest BCUT2D eigenvalue weighted by Gasteiger charge is 2.26. The van der Waals surface area contributed by atoms with Crippen molar-refractivity contribution in [1.82, 2.24) is 29.3 Å². The Morgan fingerprint density at radius 3 is 2.90 bits per heavy atom. The van der Waals surface area contributed by atoms with Crippen LogP contribution in [0.15, 0.2) is 35.6 Å². The van der Waals surface area contributed by atoms with Gasteiger partial charge in [0.1, 0.15) is 17.5 Å². The average molecular weight is 405 g/mol. The molecule has 0 radical (unpaired) electrons. The summed E-state index contributed by atoms with van der Waals surface area (Å²) in [6, 6.07) is 5.19. The lowest BCUT2D eigenvalue weighted by atomic mass is 9.95. The Kier molecular flexibility index (Phi) is 5.23. The summed E-state index contributed by atoms with van der Waals surface area (Å²) in [4.78, 5) is 34.0. The number of hydrogen-bond acceptors (Lipinski definition) is 8. The molecule has 0 saturated carbocycles. The van der Waals surface area contributed by atoms with E-state index < -0.39 is 5.92 Å². The van der Waals surface area contributed by atoms with E-state index in [1.54, 1.807) is 16.8 Å². The number of aromatic nitrogens is 6. The van der Waals surface area contributed by atoms with Crippen molar-refractivity contribution < 1.29 is 0 Å². The van der Waals surface area contributed by atoms with Crippen molar-refractivity contribution in [3.05, 3.63) is 58.2 Å². The van der Waals surface area contributed by atoms with Crippen molar-refractivity contribution in [1.29, 1.82) is 5.41 Å². The fourth-order valence-electron chi connectivity index (χ4n) is 3.66. The fourth-order valence-corrected chi connectivity index (χ4v) is 3.66. The zero-order chi connectivity index (χ0) is 21.3. The number of aryl methyl sites for hydroxylation is 1. The third-order valence-corrected chi connectivity index (χ3v) is 5.21. The second-order valence-electron chi connectivity index (χ2n) is 7.01. The third-order valence-electron chi connectivity index (χ3n) is 5.21. The maximum absolute atomic E-state index is 13.5. The van der Waals surface area contributed by atoms with E-state index >= 15 is 0 Å². The van der Waals surface area contributed by atoms with Crippen molar-refractivity contribution in [2.24, 2.45) is 5.73 Å². The number of hydrogen-bond donors (Lipinski definition) is 4. The lowest BCUT2D eigenvalue weighted by Gasteiger charge is -2.23. The van der Waals surface area contributed by atoms with Crippen molar-refractivity contribution in [3.8, 4) is 0 Å². The molecule has 0 bridgehead atoms. The van der Waals surface area contributed by atoms with E-state index in [9.17, 15) is 4.79 Å². The van der Waals surface area contributed by atoms with Gasteiger partial charge in [0.15, 0.2) is 11.5 Å². The molecule has 10 heteroatoms. The summed E-state index contributed by atoms with van der Waals surface area (Å²) >= 11 is 0. The summed E-state index contributed by atoms with van der Waals surface area (Å²) in [7, 11) is 0. The number of fused-ring (bicyclic) bond motifs is 2. The average Bonchev–Trinajstić information content (AvgIpc) is 3.24. The Labute approximate surface area is 172 Å². The Morgan fingerprint density at radius 2 is 2.17 bits per heavy atom. The lowest BCUT2D eigenvalue weighted by molar-refractivity contribution is 0.689. The first-order valence-corrected chi connectivity index (χ1v) is 9.72. The highest BCUT2D eigenvalue weighted by Crippen LogP contribution is 2.27. The Morgan fingerprint density at radius 1 is 1.33 bits per heavy atom. The minimum atomic E-state index is -0.537. The summed E-state index contributed by atoms with van der Waals surface area (Å²) in [5, 5.41) is 11.2. The molecule has 0 fully saturated rings. The van der Waals surface area contributed by atoms with Crippen LogP contribution < -0.4 is 16.6 Å². The molecule has 4 aromatic rings. The number of nitrogens with zero attached hydrogens (tertiary/aromatic N) is 5. The summed E-state index contributed by atoms with van der Waals surface area (Å²) in [6.45, 7) is 3.99. The van der Waals surface area contributed by atoms with Crippen LogP contribution in [-0.2, 0) is 0 Å². The van der Waals surface area contributed by atoms with E-state index in [1.165, 1.54) is 12.5 Å². The van der Waals surface area contributed by atoms with Gasteiger partial charge < -0.3 is 21.4 Å². The van der Waals surface area contributed by atoms with Crippen LogP contribution in [0.25, 0.3) is 16.8 Å². The first kappa shape index (κ1) is 19.6. The molecule has 30 heavy (non-hydrogen) atoms. The normalized spacial score (nSPS) is 13.4. The van der Waals surface area contributed by atoms with Crippen LogP contribution in [0, 0.1) is 12.3 Å². The minimum absolute atomic E-state index is 0.139. The van der Waals surface area contributed by atoms with Gasteiger partial charge in [-0.15, -0.1) is 0 Å². The number of aromatic amines is 1. The smallest absolute Gasteiger partial charge is 0.262 e. The Hall–Kier alpha value is -3.66. The van der Waals surface area contributed by atoms with Crippen LogP contribution in [0.1, 0.15) is 42.3 Å². The van der Waals surface area contributed by atoms with Crippen LogP contribution in [-0.4, -0.2) is 42.1 Å². The monoisotopic (exact) mass is 405 g/mol. The summed E-state index contributed by atoms with van der Waals surface area (Å²) in [6.07, 6.45) is 4.83. The number of pyridine rings is 1. The molecule has 0 aliphatic carbocycles. The molecule has 0 spiro atoms. The van der Waals surface area contributed by atoms with Gasteiger partial charge in [-0.05, 0) is 25.5 Å². The molecule has 5 N–H and O–H groups in total. The van der Waals surface area contributed by atoms with E-state index in [2.05, 4.69) is 25.3 Å². The fraction of sp³-hybridized carbons (Fsp3) is 0.300. The maximum atomic E-state index is 13.5. The quantitative estimate of drug-likeness (QED) is 0.343. The first-order valence-electron chi connectivity index (χ1n) is 9.72. The van der Waals surface area contributed by atoms with Gasteiger partial charge in [-0.25, -0.2) is 19.9 Å². The topological polar surface area (TPSA) is 151 Å². The number of imidazole rings is 1. The van der Waals surface area contributed by atoms with Gasteiger partial charge in [0, 0.05) is 24.4 Å². The molecule has 0 aliphatic rings. The van der Waals surface area contributed by atoms with Crippen LogP contribution >= 0.6 is 0 Å². The molecule has 0 aliphatic heterocycles. The van der Waals surface area contributed by atoms with Crippen LogP contribution in [0.2, 0.25) is 0 Å². The second-order valence-corrected chi connectivity index (χ2v) is 7.01. The molecule has 4 aromatic heterocycles. The molecule has 0 aromatic carbocycles. The van der Waals surface area contributed by atoms with Crippen LogP contribution in [0.5, 0.6) is 0 Å². The molecule has 4 rings (SSSR count). The largest absolute Gasteiger partial charge is 0.360 e. The summed E-state index contributed by atoms with van der Waals surface area (Å²) in [5.74, 6) is 0.0330. The predicted octanol–water partition coefficient (Wildman–Crippen LogP) is 1.92. The molecule has 4 heterocycles. The Balaban J connectivity index is 1.92. The third kappa shape index (κ3) is 3.20. The zero-order valence-corrected chi connectivity index (χ0v) is 16.8. The molecule has 0 saturated heterocycles. The zero-order valence-electron chi connectivity index (χ0n) is 16.8. The minimum Gasteiger partial charge on any atom is -0.360 e. The van der Waals surface area contributed by atoms with Crippen molar-refractivity contribution >= 4 is 28.8 Å². The van der Waals surface area contributed by atoms with Gasteiger partial charge in [0.25, 0.3) is 5.56 Å². The molecule has 2 unspecified atom stereocenters. The summed E-state index contributed by atoms with van der Waals surface area (Å²) < 4.78 is 1.56. The summed E-state index contributed by atoms with van der Waals surface area (Å²) in [5.41, 5.74) is 9.24. The van der Waals surface area contributed by atoms with Gasteiger partial charge >= 0.3 is 0 Å². The molecule has 154 valence electrons. The standard InChI is InChI=1S/C20H23N9O/c1-3-13(27-19-17-18(24-9-23-17)25-10-26-19)16-15(12(7-21)8-22)20(30)29-11(2)5-4-6-14(29)28-16/h4-7,9-10,12-13,21H,3,8,22H2,1-2H3,(H2,23,24,25,26,27). The van der Waals surface area contributed by atoms with E-state index in [0.717, 1.165) is 5.69 Å². The SMILES string of the molecule is CCC(Nc1ncnc2nc[nH]c12)c1nc2cccc(C)n2c(=O)c1C(C=N)CN. The van der Waals surface area contributed by atoms with E-state index in [1.807, 2.05) is 26.0 Å². The van der Waals surface area contributed by atoms with Gasteiger partial charge in [0.05, 0.1) is 23.6 Å². The van der Waals surface area contributed by atoms with Gasteiger partial charge in [-0.3, -0.25) is 9.20 Å². The van der Waals surface area contributed by atoms with E-state index in [0.29, 0.717) is 40.3 Å². The Bertz CT molecular complexity index is 1280. The predicted molar refractivity (Wildman–Crippen MR) is 115 cm³/mol. The number of H-pyrrole nitrogens is 1. The number of nitrogens with one attached hydrogen (secondary N) is 3. The molecule has 0 amide bonds. The maximum Gasteiger partial charge on any atom is 0.262 e. The highest BCUT2D eigenvalue weighted by atomic mass is 16.1. The molecule has 10 nitrogen and oxygen atoms in total. The lowest BCUT2D eigenvalue weighted by Crippen LogP contribution is -2.31. The van der Waals surface area contributed by atoms with Crippen molar-refractivity contribution in [2.75, 3.05) is 11.9 Å².